The van der Waals surface area contributed by atoms with Gasteiger partial charge in [0.1, 0.15) is 5.75 Å². The number of likely N-dealkylation sites (N-methyl/N-ethyl adjacent to an activating group) is 1. The molecular formula is C28H44F3N3O5. The Hall–Kier alpha value is -2.53. The predicted molar refractivity (Wildman–Crippen MR) is 144 cm³/mol. The Labute approximate surface area is 230 Å². The van der Waals surface area contributed by atoms with E-state index in [0.29, 0.717) is 17.9 Å². The molecule has 1 heterocycles. The van der Waals surface area contributed by atoms with Crippen LogP contribution >= 0.6 is 0 Å². The normalized spacial score (nSPS) is 22.4. The van der Waals surface area contributed by atoms with E-state index in [1.165, 1.54) is 11.9 Å². The van der Waals surface area contributed by atoms with Crippen LogP contribution in [-0.2, 0) is 9.53 Å². The van der Waals surface area contributed by atoms with Crippen LogP contribution in [0.1, 0.15) is 63.2 Å². The fraction of sp³-hybridized carbons (Fsp3) is 0.714. The first kappa shape index (κ1) is 32.7. The van der Waals surface area contributed by atoms with Crippen molar-refractivity contribution in [2.75, 3.05) is 52.3 Å². The van der Waals surface area contributed by atoms with Crippen molar-refractivity contribution in [1.29, 1.82) is 0 Å². The van der Waals surface area contributed by atoms with Crippen LogP contribution in [0.15, 0.2) is 18.2 Å². The van der Waals surface area contributed by atoms with E-state index in [2.05, 4.69) is 0 Å². The number of alkyl halides is 3. The smallest absolute Gasteiger partial charge is 0.389 e. The number of amides is 2. The van der Waals surface area contributed by atoms with Crippen molar-refractivity contribution in [2.45, 2.75) is 77.3 Å². The van der Waals surface area contributed by atoms with Gasteiger partial charge < -0.3 is 29.3 Å². The average Bonchev–Trinajstić information content (AvgIpc) is 2.87. The zero-order chi connectivity index (χ0) is 29.3. The molecule has 1 N–H and O–H groups in total. The second-order valence-corrected chi connectivity index (χ2v) is 10.8. The molecule has 1 aliphatic heterocycles. The van der Waals surface area contributed by atoms with Crippen LogP contribution < -0.4 is 9.64 Å². The van der Waals surface area contributed by atoms with E-state index in [1.807, 2.05) is 38.9 Å². The summed E-state index contributed by atoms with van der Waals surface area (Å²) in [5.74, 6) is -0.736. The van der Waals surface area contributed by atoms with Gasteiger partial charge in [-0.3, -0.25) is 9.59 Å². The molecule has 1 aromatic rings. The van der Waals surface area contributed by atoms with Gasteiger partial charge in [-0.05, 0) is 51.3 Å². The molecule has 4 atom stereocenters. The highest BCUT2D eigenvalue weighted by atomic mass is 19.4. The van der Waals surface area contributed by atoms with Crippen molar-refractivity contribution in [3.05, 3.63) is 23.8 Å². The molecule has 11 heteroatoms. The Balaban J connectivity index is 2.38. The molecule has 1 aliphatic rings. The number of carbonyl (C=O) groups excluding carboxylic acids is 2. The van der Waals surface area contributed by atoms with E-state index in [9.17, 15) is 27.9 Å². The summed E-state index contributed by atoms with van der Waals surface area (Å²) in [6.45, 7) is 6.00. The lowest BCUT2D eigenvalue weighted by Gasteiger charge is -2.36. The number of halogens is 3. The zero-order valence-corrected chi connectivity index (χ0v) is 24.0. The third kappa shape index (κ3) is 10.2. The SMILES string of the molecule is C[C@@H]1CN([C@H](C)CO)C(=O)c2cc(N(C)C)ccc2O[C@@H](C)CCCCO[C@@H]1CN(C)C(=O)CCC(F)(F)F. The van der Waals surface area contributed by atoms with E-state index in [4.69, 9.17) is 9.47 Å². The molecular weight excluding hydrogens is 515 g/mol. The fourth-order valence-corrected chi connectivity index (χ4v) is 4.46. The van der Waals surface area contributed by atoms with Gasteiger partial charge in [0, 0.05) is 58.9 Å². The molecule has 2 rings (SSSR count). The van der Waals surface area contributed by atoms with Gasteiger partial charge >= 0.3 is 6.18 Å². The van der Waals surface area contributed by atoms with Gasteiger partial charge in [0.15, 0.2) is 0 Å². The number of anilines is 1. The van der Waals surface area contributed by atoms with Crippen LogP contribution in [-0.4, -0.2) is 98.6 Å². The van der Waals surface area contributed by atoms with Gasteiger partial charge in [0.25, 0.3) is 5.91 Å². The molecule has 8 nitrogen and oxygen atoms in total. The Bertz CT molecular complexity index is 944. The monoisotopic (exact) mass is 559 g/mol. The zero-order valence-electron chi connectivity index (χ0n) is 24.0. The lowest BCUT2D eigenvalue weighted by molar-refractivity contribution is -0.149. The minimum Gasteiger partial charge on any atom is -0.490 e. The largest absolute Gasteiger partial charge is 0.490 e. The number of carbonyl (C=O) groups is 2. The second kappa shape index (κ2) is 14.7. The first-order valence-electron chi connectivity index (χ1n) is 13.6. The van der Waals surface area contributed by atoms with Crippen LogP contribution in [0.5, 0.6) is 5.75 Å². The van der Waals surface area contributed by atoms with Gasteiger partial charge in [0.05, 0.1) is 36.8 Å². The molecule has 0 saturated heterocycles. The Morgan fingerprint density at radius 1 is 1.21 bits per heavy atom. The number of aliphatic hydroxyl groups is 1. The maximum atomic E-state index is 14.0. The summed E-state index contributed by atoms with van der Waals surface area (Å²) in [5, 5.41) is 9.99. The standard InChI is InChI=1S/C28H44F3N3O5/c1-19-16-34(20(2)18-35)27(37)23-15-22(32(4)5)10-11-24(23)39-21(3)9-7-8-14-38-25(19)17-33(6)26(36)12-13-28(29,30)31/h10-11,15,19-21,25,35H,7-9,12-14,16-18H2,1-6H3/t19-,20-,21+,25-/m1/s1. The molecule has 0 fully saturated rings. The van der Waals surface area contributed by atoms with E-state index >= 15 is 0 Å². The van der Waals surface area contributed by atoms with E-state index in [-0.39, 0.29) is 37.6 Å². The highest BCUT2D eigenvalue weighted by molar-refractivity contribution is 5.98. The molecule has 1 aromatic carbocycles. The number of hydrogen-bond acceptors (Lipinski definition) is 6. The second-order valence-electron chi connectivity index (χ2n) is 10.8. The summed E-state index contributed by atoms with van der Waals surface area (Å²) in [6.07, 6.45) is -4.59. The summed E-state index contributed by atoms with van der Waals surface area (Å²) >= 11 is 0. The Kier molecular flexibility index (Phi) is 12.4. The molecule has 0 aliphatic carbocycles. The van der Waals surface area contributed by atoms with Crippen LogP contribution in [0.3, 0.4) is 0 Å². The number of ether oxygens (including phenoxy) is 2. The van der Waals surface area contributed by atoms with Crippen molar-refractivity contribution < 1.29 is 37.3 Å². The first-order valence-corrected chi connectivity index (χ1v) is 13.6. The number of hydrogen-bond donors (Lipinski definition) is 1. The Morgan fingerprint density at radius 3 is 2.51 bits per heavy atom. The minimum absolute atomic E-state index is 0.0915. The summed E-state index contributed by atoms with van der Waals surface area (Å²) in [5.41, 5.74) is 1.21. The average molecular weight is 560 g/mol. The summed E-state index contributed by atoms with van der Waals surface area (Å²) < 4.78 is 50.3. The quantitative estimate of drug-likeness (QED) is 0.535. The van der Waals surface area contributed by atoms with Crippen LogP contribution in [0.2, 0.25) is 0 Å². The maximum absolute atomic E-state index is 14.0. The molecule has 2 amide bonds. The van der Waals surface area contributed by atoms with Gasteiger partial charge in [0.2, 0.25) is 5.91 Å². The van der Waals surface area contributed by atoms with Crippen LogP contribution in [0.25, 0.3) is 0 Å². The van der Waals surface area contributed by atoms with Crippen molar-refractivity contribution >= 4 is 17.5 Å². The minimum atomic E-state index is -4.41. The van der Waals surface area contributed by atoms with Crippen LogP contribution in [0, 0.1) is 5.92 Å². The third-order valence-corrected chi connectivity index (χ3v) is 7.05. The number of fused-ring (bicyclic) bond motifs is 1. The topological polar surface area (TPSA) is 82.6 Å². The lowest BCUT2D eigenvalue weighted by Crippen LogP contribution is -2.48. The molecule has 0 radical (unpaired) electrons. The summed E-state index contributed by atoms with van der Waals surface area (Å²) in [6, 6.07) is 4.94. The van der Waals surface area contributed by atoms with Crippen molar-refractivity contribution in [1.82, 2.24) is 9.80 Å². The van der Waals surface area contributed by atoms with E-state index in [1.54, 1.807) is 24.0 Å². The van der Waals surface area contributed by atoms with E-state index in [0.717, 1.165) is 24.9 Å². The molecule has 0 bridgehead atoms. The number of aliphatic hydroxyl groups excluding tert-OH is 1. The number of rotatable bonds is 7. The third-order valence-electron chi connectivity index (χ3n) is 7.05. The summed E-state index contributed by atoms with van der Waals surface area (Å²) in [4.78, 5) is 31.1. The van der Waals surface area contributed by atoms with Gasteiger partial charge in [-0.1, -0.05) is 6.92 Å². The van der Waals surface area contributed by atoms with Crippen molar-refractivity contribution in [3.8, 4) is 5.75 Å². The Morgan fingerprint density at radius 2 is 1.90 bits per heavy atom. The van der Waals surface area contributed by atoms with Gasteiger partial charge in [-0.2, -0.15) is 13.2 Å². The highest BCUT2D eigenvalue weighted by Gasteiger charge is 2.32. The fourth-order valence-electron chi connectivity index (χ4n) is 4.46. The molecule has 0 aromatic heterocycles. The van der Waals surface area contributed by atoms with Crippen LogP contribution in [0.4, 0.5) is 18.9 Å². The first-order chi connectivity index (χ1) is 18.2. The van der Waals surface area contributed by atoms with E-state index < -0.39 is 37.1 Å². The van der Waals surface area contributed by atoms with Gasteiger partial charge in [-0.15, -0.1) is 0 Å². The molecule has 39 heavy (non-hydrogen) atoms. The molecule has 0 saturated carbocycles. The molecule has 0 spiro atoms. The lowest BCUT2D eigenvalue weighted by atomic mass is 10.0. The number of nitrogens with zero attached hydrogens (tertiary/aromatic N) is 3. The predicted octanol–water partition coefficient (Wildman–Crippen LogP) is 4.35. The summed E-state index contributed by atoms with van der Waals surface area (Å²) in [7, 11) is 5.23. The van der Waals surface area contributed by atoms with Gasteiger partial charge in [-0.25, -0.2) is 0 Å². The molecule has 222 valence electrons. The molecule has 0 unspecified atom stereocenters. The van der Waals surface area contributed by atoms with Crippen molar-refractivity contribution in [2.24, 2.45) is 5.92 Å². The number of benzene rings is 1. The van der Waals surface area contributed by atoms with Crippen molar-refractivity contribution in [3.63, 3.8) is 0 Å². The maximum Gasteiger partial charge on any atom is 0.389 e. The highest BCUT2D eigenvalue weighted by Crippen LogP contribution is 2.29.